The summed E-state index contributed by atoms with van der Waals surface area (Å²) in [6, 6.07) is 6.59. The van der Waals surface area contributed by atoms with Crippen molar-refractivity contribution in [2.24, 2.45) is 5.92 Å². The molecule has 9 nitrogen and oxygen atoms in total. The average molecular weight is 463 g/mol. The number of hydrogen-bond acceptors (Lipinski definition) is 6. The van der Waals surface area contributed by atoms with Crippen molar-refractivity contribution in [1.29, 1.82) is 0 Å². The summed E-state index contributed by atoms with van der Waals surface area (Å²) in [5.74, 6) is 0.0706. The average Bonchev–Trinajstić information content (AvgIpc) is 3.04. The maximum absolute atomic E-state index is 11.8. The molecule has 4 rings (SSSR count). The molecule has 1 aliphatic rings. The van der Waals surface area contributed by atoms with Gasteiger partial charge in [0.25, 0.3) is 5.56 Å². The van der Waals surface area contributed by atoms with Crippen molar-refractivity contribution < 1.29 is 19.7 Å². The number of aliphatic hydroxyl groups excluding tert-OH is 1. The number of ether oxygens (including phenoxy) is 1. The number of aryl methyl sites for hydroxylation is 1. The number of aliphatic carboxylic acids is 1. The second kappa shape index (κ2) is 9.83. The Morgan fingerprint density at radius 3 is 2.72 bits per heavy atom. The molecule has 4 N–H and O–H groups in total. The number of halogens is 1. The number of nitrogens with zero attached hydrogens (tertiary/aromatic N) is 2. The molecular formula is C22H27ClN4O5. The van der Waals surface area contributed by atoms with E-state index in [4.69, 9.17) is 9.72 Å². The largest absolute Gasteiger partial charge is 0.480 e. The summed E-state index contributed by atoms with van der Waals surface area (Å²) >= 11 is 0. The molecule has 0 saturated carbocycles. The molecule has 0 unspecified atom stereocenters. The molecule has 10 heteroatoms. The van der Waals surface area contributed by atoms with Crippen molar-refractivity contribution >= 4 is 29.4 Å². The molecule has 1 aromatic carbocycles. The van der Waals surface area contributed by atoms with E-state index in [-0.39, 0.29) is 24.5 Å². The van der Waals surface area contributed by atoms with E-state index < -0.39 is 18.1 Å². The summed E-state index contributed by atoms with van der Waals surface area (Å²) in [6.45, 7) is 5.67. The summed E-state index contributed by atoms with van der Waals surface area (Å²) in [5.41, 5.74) is 3.92. The van der Waals surface area contributed by atoms with Crippen LogP contribution in [-0.4, -0.2) is 56.1 Å². The number of pyridine rings is 1. The number of carboxylic acids is 1. The van der Waals surface area contributed by atoms with E-state index in [2.05, 4.69) is 14.9 Å². The van der Waals surface area contributed by atoms with Gasteiger partial charge >= 0.3 is 5.97 Å². The number of carboxylic acid groups (broad SMARTS) is 1. The molecule has 1 aliphatic heterocycles. The quantitative estimate of drug-likeness (QED) is 0.401. The molecule has 3 aromatic rings. The van der Waals surface area contributed by atoms with Crippen molar-refractivity contribution in [2.75, 3.05) is 13.2 Å². The number of rotatable bonds is 8. The fourth-order valence-corrected chi connectivity index (χ4v) is 3.76. The Kier molecular flexibility index (Phi) is 7.35. The van der Waals surface area contributed by atoms with Gasteiger partial charge in [-0.05, 0) is 37.6 Å². The third-order valence-corrected chi connectivity index (χ3v) is 5.58. The third-order valence-electron chi connectivity index (χ3n) is 5.58. The maximum Gasteiger partial charge on any atom is 0.323 e. The van der Waals surface area contributed by atoms with Crippen molar-refractivity contribution in [2.45, 2.75) is 39.1 Å². The lowest BCUT2D eigenvalue weighted by molar-refractivity contribution is -0.142. The monoisotopic (exact) mass is 462 g/mol. The number of aromatic nitrogens is 3. The minimum Gasteiger partial charge on any atom is -0.480 e. The molecule has 32 heavy (non-hydrogen) atoms. The molecule has 3 heterocycles. The number of aromatic amines is 1. The van der Waals surface area contributed by atoms with Crippen molar-refractivity contribution in [3.8, 4) is 11.4 Å². The Bertz CT molecular complexity index is 1170. The first-order valence-electron chi connectivity index (χ1n) is 10.2. The van der Waals surface area contributed by atoms with E-state index in [1.165, 1.54) is 6.92 Å². The van der Waals surface area contributed by atoms with Crippen LogP contribution < -0.4 is 10.9 Å². The molecule has 1 fully saturated rings. The van der Waals surface area contributed by atoms with Gasteiger partial charge in [0.15, 0.2) is 0 Å². The molecule has 2 aromatic heterocycles. The van der Waals surface area contributed by atoms with Gasteiger partial charge in [-0.3, -0.25) is 14.9 Å². The lowest BCUT2D eigenvalue weighted by atomic mass is 10.1. The maximum atomic E-state index is 11.8. The summed E-state index contributed by atoms with van der Waals surface area (Å²) < 4.78 is 7.47. The predicted octanol–water partition coefficient (Wildman–Crippen LogP) is 1.69. The van der Waals surface area contributed by atoms with Gasteiger partial charge in [-0.15, -0.1) is 12.4 Å². The van der Waals surface area contributed by atoms with E-state index in [1.54, 1.807) is 13.1 Å². The van der Waals surface area contributed by atoms with Crippen LogP contribution >= 0.6 is 12.4 Å². The summed E-state index contributed by atoms with van der Waals surface area (Å²) in [7, 11) is 0. The zero-order valence-electron chi connectivity index (χ0n) is 17.9. The van der Waals surface area contributed by atoms with Crippen LogP contribution in [0.4, 0.5) is 0 Å². The number of fused-ring (bicyclic) bond motifs is 1. The molecule has 1 saturated heterocycles. The highest BCUT2D eigenvalue weighted by Crippen LogP contribution is 2.28. The molecule has 172 valence electrons. The van der Waals surface area contributed by atoms with Gasteiger partial charge in [-0.2, -0.15) is 0 Å². The fraction of sp³-hybridized carbons (Fsp3) is 0.409. The molecule has 0 bridgehead atoms. The van der Waals surface area contributed by atoms with Crippen molar-refractivity contribution in [1.82, 2.24) is 19.9 Å². The summed E-state index contributed by atoms with van der Waals surface area (Å²) in [4.78, 5) is 30.7. The van der Waals surface area contributed by atoms with E-state index in [9.17, 15) is 19.8 Å². The number of nitrogens with one attached hydrogen (secondary N) is 2. The Labute approximate surface area is 190 Å². The first-order valence-corrected chi connectivity index (χ1v) is 10.2. The number of H-pyrrole nitrogens is 1. The van der Waals surface area contributed by atoms with Crippen molar-refractivity contribution in [3.05, 3.63) is 51.9 Å². The van der Waals surface area contributed by atoms with Gasteiger partial charge < -0.3 is 24.5 Å². The molecular weight excluding hydrogens is 436 g/mol. The Morgan fingerprint density at radius 2 is 2.12 bits per heavy atom. The number of benzene rings is 1. The second-order valence-electron chi connectivity index (χ2n) is 8.11. The van der Waals surface area contributed by atoms with Crippen LogP contribution in [0.3, 0.4) is 0 Å². The van der Waals surface area contributed by atoms with Gasteiger partial charge in [-0.25, -0.2) is 4.98 Å². The Balaban J connectivity index is 0.00000289. The topological polar surface area (TPSA) is 129 Å². The predicted molar refractivity (Wildman–Crippen MR) is 122 cm³/mol. The molecule has 2 atom stereocenters. The highest BCUT2D eigenvalue weighted by atomic mass is 35.5. The zero-order chi connectivity index (χ0) is 22.1. The smallest absolute Gasteiger partial charge is 0.323 e. The van der Waals surface area contributed by atoms with Crippen molar-refractivity contribution in [3.63, 3.8) is 0 Å². The molecule has 0 amide bonds. The van der Waals surface area contributed by atoms with Crippen LogP contribution in [0.1, 0.15) is 18.1 Å². The van der Waals surface area contributed by atoms with E-state index in [1.807, 2.05) is 24.3 Å². The van der Waals surface area contributed by atoms with Crippen LogP contribution in [0.5, 0.6) is 0 Å². The summed E-state index contributed by atoms with van der Waals surface area (Å²) in [6.07, 6.45) is 0.660. The minimum atomic E-state index is -1.10. The normalized spacial score (nSPS) is 15.7. The van der Waals surface area contributed by atoms with Gasteiger partial charge in [0.2, 0.25) is 0 Å². The van der Waals surface area contributed by atoms with Crippen LogP contribution in [0.2, 0.25) is 0 Å². The van der Waals surface area contributed by atoms with E-state index in [0.717, 1.165) is 34.5 Å². The Morgan fingerprint density at radius 1 is 1.38 bits per heavy atom. The van der Waals surface area contributed by atoms with Gasteiger partial charge in [-0.1, -0.05) is 6.07 Å². The van der Waals surface area contributed by atoms with Crippen LogP contribution in [-0.2, 0) is 22.6 Å². The first-order chi connectivity index (χ1) is 14.8. The highest BCUT2D eigenvalue weighted by molar-refractivity contribution is 5.85. The second-order valence-corrected chi connectivity index (χ2v) is 8.11. The SMILES string of the molecule is Cc1cc(-c2nc3cc(CN[C@H](C(=O)O)[C@@H](C)O)ccc3n2CC2COC2)c[nH]c1=O.Cl. The first kappa shape index (κ1) is 23.9. The number of carbonyl (C=O) groups is 1. The fourth-order valence-electron chi connectivity index (χ4n) is 3.76. The molecule has 0 radical (unpaired) electrons. The van der Waals surface area contributed by atoms with Crippen LogP contribution in [0.25, 0.3) is 22.4 Å². The molecule has 0 spiro atoms. The lowest BCUT2D eigenvalue weighted by Crippen LogP contribution is -2.44. The number of imidazole rings is 1. The standard InChI is InChI=1S/C22H26N4O5.ClH/c1-12-5-16(8-24-21(12)28)20-25-17-6-14(7-23-19(13(2)27)22(29)30)3-4-18(17)26(20)9-15-10-31-11-15;/h3-6,8,13,15,19,23,27H,7,9-11H2,1-2H3,(H,24,28)(H,29,30);1H/t13-,19+;/m1./s1. The molecule has 0 aliphatic carbocycles. The van der Waals surface area contributed by atoms with Crippen LogP contribution in [0.15, 0.2) is 35.3 Å². The van der Waals surface area contributed by atoms with E-state index in [0.29, 0.717) is 24.7 Å². The van der Waals surface area contributed by atoms with E-state index >= 15 is 0 Å². The number of hydrogen-bond donors (Lipinski definition) is 4. The third kappa shape index (κ3) is 4.86. The zero-order valence-corrected chi connectivity index (χ0v) is 18.7. The number of aliphatic hydroxyl groups is 1. The van der Waals surface area contributed by atoms with Gasteiger partial charge in [0.1, 0.15) is 11.9 Å². The lowest BCUT2D eigenvalue weighted by Gasteiger charge is -2.27. The van der Waals surface area contributed by atoms with Crippen LogP contribution in [0, 0.1) is 12.8 Å². The van der Waals surface area contributed by atoms with Gasteiger partial charge in [0.05, 0.1) is 30.4 Å². The highest BCUT2D eigenvalue weighted by Gasteiger charge is 2.24. The minimum absolute atomic E-state index is 0. The Hall–Kier alpha value is -2.72. The summed E-state index contributed by atoms with van der Waals surface area (Å²) in [5, 5.41) is 21.8. The van der Waals surface area contributed by atoms with Gasteiger partial charge in [0, 0.05) is 36.3 Å².